The van der Waals surface area contributed by atoms with Gasteiger partial charge in [-0.05, 0) is 48.7 Å². The number of nitrogens with zero attached hydrogens (tertiary/aromatic N) is 1. The molecular formula is C22H25F3N2O. The van der Waals surface area contributed by atoms with E-state index in [2.05, 4.69) is 10.3 Å². The molecule has 150 valence electrons. The van der Waals surface area contributed by atoms with E-state index in [1.165, 1.54) is 19.2 Å². The van der Waals surface area contributed by atoms with Crippen LogP contribution in [0.25, 0.3) is 0 Å². The van der Waals surface area contributed by atoms with Crippen molar-refractivity contribution in [1.29, 1.82) is 0 Å². The molecule has 0 aliphatic carbocycles. The molecule has 0 aliphatic rings. The van der Waals surface area contributed by atoms with Crippen LogP contribution in [0.5, 0.6) is 5.75 Å². The number of allylic oxidation sites excluding steroid dienone is 2. The topological polar surface area (TPSA) is 33.6 Å². The van der Waals surface area contributed by atoms with Crippen molar-refractivity contribution in [1.82, 2.24) is 5.32 Å². The first-order chi connectivity index (χ1) is 13.2. The molecule has 1 N–H and O–H groups in total. The lowest BCUT2D eigenvalue weighted by atomic mass is 10.0. The Morgan fingerprint density at radius 2 is 1.61 bits per heavy atom. The van der Waals surface area contributed by atoms with Crippen LogP contribution in [0, 0.1) is 5.92 Å². The van der Waals surface area contributed by atoms with Crippen molar-refractivity contribution < 1.29 is 17.9 Å². The third-order valence-electron chi connectivity index (χ3n) is 4.21. The first-order valence-electron chi connectivity index (χ1n) is 9.03. The number of rotatable bonds is 7. The molecule has 0 saturated carbocycles. The van der Waals surface area contributed by atoms with Gasteiger partial charge in [-0.1, -0.05) is 44.2 Å². The van der Waals surface area contributed by atoms with E-state index < -0.39 is 11.9 Å². The number of ether oxygens (including phenoxy) is 1. The smallest absolute Gasteiger partial charge is 0.433 e. The van der Waals surface area contributed by atoms with Gasteiger partial charge in [-0.2, -0.15) is 13.2 Å². The Hall–Kier alpha value is -2.76. The SMILES string of the molecule is COc1ccc(N=C(/C=C(\N[C@@H](C)c2ccccc2)C(C)C)C(F)(F)F)cc1. The summed E-state index contributed by atoms with van der Waals surface area (Å²) >= 11 is 0. The zero-order valence-electron chi connectivity index (χ0n) is 16.4. The fourth-order valence-electron chi connectivity index (χ4n) is 2.57. The summed E-state index contributed by atoms with van der Waals surface area (Å²) in [6.45, 7) is 5.61. The van der Waals surface area contributed by atoms with Gasteiger partial charge in [0, 0.05) is 11.7 Å². The average molecular weight is 390 g/mol. The summed E-state index contributed by atoms with van der Waals surface area (Å²) in [4.78, 5) is 3.83. The molecule has 0 saturated heterocycles. The van der Waals surface area contributed by atoms with Crippen molar-refractivity contribution in [3.05, 3.63) is 71.9 Å². The highest BCUT2D eigenvalue weighted by Gasteiger charge is 2.35. The van der Waals surface area contributed by atoms with Crippen LogP contribution in [0.15, 0.2) is 71.4 Å². The first-order valence-corrected chi connectivity index (χ1v) is 9.03. The second kappa shape index (κ2) is 9.44. The molecule has 0 heterocycles. The van der Waals surface area contributed by atoms with E-state index in [4.69, 9.17) is 4.74 Å². The van der Waals surface area contributed by atoms with E-state index in [1.54, 1.807) is 12.1 Å². The number of halogens is 3. The lowest BCUT2D eigenvalue weighted by molar-refractivity contribution is -0.0577. The molecule has 0 aromatic heterocycles. The van der Waals surface area contributed by atoms with Crippen LogP contribution in [0.2, 0.25) is 0 Å². The minimum absolute atomic E-state index is 0.130. The highest BCUT2D eigenvalue weighted by molar-refractivity contribution is 6.01. The zero-order chi connectivity index (χ0) is 20.7. The standard InChI is InChI=1S/C22H25F3N2O/c1-15(2)20(26-16(3)17-8-6-5-7-9-17)14-21(22(23,24)25)27-18-10-12-19(28-4)13-11-18/h5-16,26H,1-4H3/b20-14-,27-21?/t16-/m0/s1. The van der Waals surface area contributed by atoms with E-state index in [9.17, 15) is 13.2 Å². The minimum atomic E-state index is -4.57. The third kappa shape index (κ3) is 6.15. The van der Waals surface area contributed by atoms with Crippen LogP contribution in [0.3, 0.4) is 0 Å². The lowest BCUT2D eigenvalue weighted by Crippen LogP contribution is -2.26. The highest BCUT2D eigenvalue weighted by Crippen LogP contribution is 2.26. The summed E-state index contributed by atoms with van der Waals surface area (Å²) in [7, 11) is 1.50. The van der Waals surface area contributed by atoms with Gasteiger partial charge < -0.3 is 10.1 Å². The van der Waals surface area contributed by atoms with Gasteiger partial charge in [0.05, 0.1) is 12.8 Å². The second-order valence-corrected chi connectivity index (χ2v) is 6.72. The fourth-order valence-corrected chi connectivity index (χ4v) is 2.57. The monoisotopic (exact) mass is 390 g/mol. The van der Waals surface area contributed by atoms with Crippen LogP contribution in [-0.4, -0.2) is 19.0 Å². The Labute approximate surface area is 164 Å². The van der Waals surface area contributed by atoms with Gasteiger partial charge in [-0.15, -0.1) is 0 Å². The second-order valence-electron chi connectivity index (χ2n) is 6.72. The number of hydrogen-bond donors (Lipinski definition) is 1. The summed E-state index contributed by atoms with van der Waals surface area (Å²) in [5, 5.41) is 3.20. The molecular weight excluding hydrogens is 365 g/mol. The molecule has 2 rings (SSSR count). The van der Waals surface area contributed by atoms with Crippen molar-refractivity contribution in [2.24, 2.45) is 10.9 Å². The Kier molecular flexibility index (Phi) is 7.26. The molecule has 2 aromatic carbocycles. The predicted molar refractivity (Wildman–Crippen MR) is 107 cm³/mol. The van der Waals surface area contributed by atoms with Crippen molar-refractivity contribution in [3.63, 3.8) is 0 Å². The van der Waals surface area contributed by atoms with E-state index in [0.29, 0.717) is 11.4 Å². The van der Waals surface area contributed by atoms with Crippen LogP contribution < -0.4 is 10.1 Å². The summed E-state index contributed by atoms with van der Waals surface area (Å²) in [6, 6.07) is 15.6. The molecule has 2 aromatic rings. The Morgan fingerprint density at radius 3 is 2.11 bits per heavy atom. The first kappa shape index (κ1) is 21.5. The maximum absolute atomic E-state index is 13.6. The number of hydrogen-bond acceptors (Lipinski definition) is 3. The molecule has 3 nitrogen and oxygen atoms in total. The van der Waals surface area contributed by atoms with Gasteiger partial charge in [0.2, 0.25) is 0 Å². The summed E-state index contributed by atoms with van der Waals surface area (Å²) < 4.78 is 45.9. The summed E-state index contributed by atoms with van der Waals surface area (Å²) in [5.74, 6) is 0.429. The van der Waals surface area contributed by atoms with E-state index in [0.717, 1.165) is 11.6 Å². The molecule has 0 aliphatic heterocycles. The zero-order valence-corrected chi connectivity index (χ0v) is 16.4. The molecule has 6 heteroatoms. The fraction of sp³-hybridized carbons (Fsp3) is 0.318. The lowest BCUT2D eigenvalue weighted by Gasteiger charge is -2.22. The van der Waals surface area contributed by atoms with Gasteiger partial charge in [0.25, 0.3) is 0 Å². The molecule has 0 bridgehead atoms. The number of methoxy groups -OCH3 is 1. The number of alkyl halides is 3. The largest absolute Gasteiger partial charge is 0.497 e. The highest BCUT2D eigenvalue weighted by atomic mass is 19.4. The minimum Gasteiger partial charge on any atom is -0.497 e. The molecule has 0 unspecified atom stereocenters. The number of benzene rings is 2. The van der Waals surface area contributed by atoms with Gasteiger partial charge in [-0.25, -0.2) is 4.99 Å². The Bertz CT molecular complexity index is 810. The van der Waals surface area contributed by atoms with Crippen LogP contribution in [0.4, 0.5) is 18.9 Å². The Morgan fingerprint density at radius 1 is 1.00 bits per heavy atom. The van der Waals surface area contributed by atoms with Gasteiger partial charge in [0.1, 0.15) is 11.5 Å². The number of aliphatic imine (C=N–C) groups is 1. The van der Waals surface area contributed by atoms with Crippen LogP contribution in [0.1, 0.15) is 32.4 Å². The molecule has 0 fully saturated rings. The quantitative estimate of drug-likeness (QED) is 0.569. The molecule has 0 spiro atoms. The van der Waals surface area contributed by atoms with Crippen molar-refractivity contribution in [3.8, 4) is 5.75 Å². The maximum Gasteiger partial charge on any atom is 0.433 e. The van der Waals surface area contributed by atoms with Gasteiger partial charge >= 0.3 is 6.18 Å². The Balaban J connectivity index is 2.36. The van der Waals surface area contributed by atoms with Gasteiger partial charge in [-0.3, -0.25) is 0 Å². The number of nitrogens with one attached hydrogen (secondary N) is 1. The molecule has 0 amide bonds. The predicted octanol–water partition coefficient (Wildman–Crippen LogP) is 6.22. The van der Waals surface area contributed by atoms with Crippen molar-refractivity contribution in [2.75, 3.05) is 7.11 Å². The summed E-state index contributed by atoms with van der Waals surface area (Å²) in [6.07, 6.45) is -3.48. The van der Waals surface area contributed by atoms with E-state index in [1.807, 2.05) is 51.1 Å². The van der Waals surface area contributed by atoms with E-state index >= 15 is 0 Å². The maximum atomic E-state index is 13.6. The molecule has 28 heavy (non-hydrogen) atoms. The van der Waals surface area contributed by atoms with Crippen molar-refractivity contribution in [2.45, 2.75) is 33.0 Å². The van der Waals surface area contributed by atoms with Crippen LogP contribution in [-0.2, 0) is 0 Å². The summed E-state index contributed by atoms with van der Waals surface area (Å²) in [5.41, 5.74) is 0.730. The van der Waals surface area contributed by atoms with Gasteiger partial charge in [0.15, 0.2) is 0 Å². The third-order valence-corrected chi connectivity index (χ3v) is 4.21. The molecule has 1 atom stereocenters. The van der Waals surface area contributed by atoms with Crippen LogP contribution >= 0.6 is 0 Å². The normalized spacial score (nSPS) is 14.1. The van der Waals surface area contributed by atoms with Crippen molar-refractivity contribution >= 4 is 11.4 Å². The molecule has 0 radical (unpaired) electrons. The average Bonchev–Trinajstić information content (AvgIpc) is 2.67. The van der Waals surface area contributed by atoms with E-state index in [-0.39, 0.29) is 17.6 Å².